The fourth-order valence-electron chi connectivity index (χ4n) is 4.31. The van der Waals surface area contributed by atoms with Crippen molar-refractivity contribution in [1.82, 2.24) is 10.2 Å². The van der Waals surface area contributed by atoms with E-state index in [1.165, 1.54) is 44.3 Å². The van der Waals surface area contributed by atoms with Gasteiger partial charge in [-0.2, -0.15) is 0 Å². The second kappa shape index (κ2) is 4.81. The van der Waals surface area contributed by atoms with E-state index in [4.69, 9.17) is 0 Å². The largest absolute Gasteiger partial charge is 0.316 e. The van der Waals surface area contributed by atoms with Gasteiger partial charge in [0.25, 0.3) is 0 Å². The Morgan fingerprint density at radius 2 is 1.95 bits per heavy atom. The molecule has 3 fully saturated rings. The SMILES string of the molecule is Fc1ccc(C2CNCCC23CCN(C2CC2)C3)cc1. The summed E-state index contributed by atoms with van der Waals surface area (Å²) in [6.07, 6.45) is 5.37. The average Bonchev–Trinajstić information content (AvgIpc) is 3.24. The van der Waals surface area contributed by atoms with Crippen LogP contribution in [0.2, 0.25) is 0 Å². The lowest BCUT2D eigenvalue weighted by atomic mass is 9.67. The van der Waals surface area contributed by atoms with Crippen LogP contribution in [-0.4, -0.2) is 37.1 Å². The van der Waals surface area contributed by atoms with Gasteiger partial charge in [0.15, 0.2) is 0 Å². The number of nitrogens with one attached hydrogen (secondary N) is 1. The summed E-state index contributed by atoms with van der Waals surface area (Å²) in [5.41, 5.74) is 1.74. The van der Waals surface area contributed by atoms with Gasteiger partial charge < -0.3 is 5.32 Å². The number of likely N-dealkylation sites (tertiary alicyclic amines) is 1. The lowest BCUT2D eigenvalue weighted by Gasteiger charge is -2.42. The first-order valence-corrected chi connectivity index (χ1v) is 7.97. The highest BCUT2D eigenvalue weighted by molar-refractivity contribution is 5.25. The highest BCUT2D eigenvalue weighted by atomic mass is 19.1. The minimum atomic E-state index is -0.127. The normalized spacial score (nSPS) is 34.8. The van der Waals surface area contributed by atoms with E-state index in [2.05, 4.69) is 10.2 Å². The van der Waals surface area contributed by atoms with Crippen molar-refractivity contribution >= 4 is 0 Å². The first-order valence-electron chi connectivity index (χ1n) is 7.97. The third-order valence-corrected chi connectivity index (χ3v) is 5.64. The minimum Gasteiger partial charge on any atom is -0.316 e. The fourth-order valence-corrected chi connectivity index (χ4v) is 4.31. The molecule has 108 valence electrons. The molecule has 4 rings (SSSR count). The van der Waals surface area contributed by atoms with Gasteiger partial charge in [0.2, 0.25) is 0 Å². The summed E-state index contributed by atoms with van der Waals surface area (Å²) in [5, 5.41) is 3.55. The van der Waals surface area contributed by atoms with Crippen LogP contribution in [0.15, 0.2) is 24.3 Å². The van der Waals surface area contributed by atoms with Gasteiger partial charge in [-0.1, -0.05) is 12.1 Å². The maximum atomic E-state index is 13.2. The van der Waals surface area contributed by atoms with Crippen LogP contribution in [-0.2, 0) is 0 Å². The number of halogens is 1. The molecule has 1 aromatic carbocycles. The number of nitrogens with zero attached hydrogens (tertiary/aromatic N) is 1. The van der Waals surface area contributed by atoms with Crippen molar-refractivity contribution in [2.24, 2.45) is 5.41 Å². The summed E-state index contributed by atoms with van der Waals surface area (Å²) in [6, 6.07) is 8.10. The zero-order valence-electron chi connectivity index (χ0n) is 11.9. The van der Waals surface area contributed by atoms with Gasteiger partial charge >= 0.3 is 0 Å². The molecule has 2 heterocycles. The molecular formula is C17H23FN2. The van der Waals surface area contributed by atoms with E-state index in [1.807, 2.05) is 12.1 Å². The van der Waals surface area contributed by atoms with Crippen molar-refractivity contribution in [2.45, 2.75) is 37.6 Å². The van der Waals surface area contributed by atoms with E-state index >= 15 is 0 Å². The van der Waals surface area contributed by atoms with Gasteiger partial charge in [0.1, 0.15) is 5.82 Å². The van der Waals surface area contributed by atoms with Crippen LogP contribution in [0, 0.1) is 11.2 Å². The molecule has 3 aliphatic rings. The third-order valence-electron chi connectivity index (χ3n) is 5.64. The molecule has 2 aliphatic heterocycles. The molecule has 1 saturated carbocycles. The predicted molar refractivity (Wildman–Crippen MR) is 78.3 cm³/mol. The minimum absolute atomic E-state index is 0.127. The molecule has 1 aliphatic carbocycles. The molecule has 20 heavy (non-hydrogen) atoms. The molecule has 1 aromatic rings. The predicted octanol–water partition coefficient (Wildman–Crippen LogP) is 2.76. The van der Waals surface area contributed by atoms with Crippen molar-refractivity contribution < 1.29 is 4.39 Å². The average molecular weight is 274 g/mol. The molecule has 3 heteroatoms. The van der Waals surface area contributed by atoms with Crippen LogP contribution < -0.4 is 5.32 Å². The Balaban J connectivity index is 1.60. The highest BCUT2D eigenvalue weighted by Crippen LogP contribution is 2.49. The van der Waals surface area contributed by atoms with Gasteiger partial charge in [0, 0.05) is 25.0 Å². The summed E-state index contributed by atoms with van der Waals surface area (Å²) in [4.78, 5) is 2.71. The summed E-state index contributed by atoms with van der Waals surface area (Å²) in [6.45, 7) is 4.70. The topological polar surface area (TPSA) is 15.3 Å². The number of hydrogen-bond acceptors (Lipinski definition) is 2. The van der Waals surface area contributed by atoms with Gasteiger partial charge in [-0.25, -0.2) is 4.39 Å². The maximum Gasteiger partial charge on any atom is 0.123 e. The van der Waals surface area contributed by atoms with Crippen LogP contribution in [0.25, 0.3) is 0 Å². The Hall–Kier alpha value is -0.930. The summed E-state index contributed by atoms with van der Waals surface area (Å²) >= 11 is 0. The number of piperidine rings is 1. The molecule has 0 aromatic heterocycles. The first-order chi connectivity index (χ1) is 9.77. The van der Waals surface area contributed by atoms with Crippen LogP contribution >= 0.6 is 0 Å². The van der Waals surface area contributed by atoms with E-state index < -0.39 is 0 Å². The van der Waals surface area contributed by atoms with Crippen molar-refractivity contribution in [2.75, 3.05) is 26.2 Å². The standard InChI is InChI=1S/C17H23FN2/c18-14-3-1-13(2-4-14)16-11-19-9-7-17(16)8-10-20(12-17)15-5-6-15/h1-4,15-16,19H,5-12H2. The number of rotatable bonds is 2. The van der Waals surface area contributed by atoms with Crippen molar-refractivity contribution in [3.63, 3.8) is 0 Å². The van der Waals surface area contributed by atoms with Gasteiger partial charge in [0.05, 0.1) is 0 Å². The van der Waals surface area contributed by atoms with Gasteiger partial charge in [-0.05, 0) is 61.9 Å². The Labute approximate surface area is 120 Å². The molecular weight excluding hydrogens is 251 g/mol. The molecule has 2 atom stereocenters. The quantitative estimate of drug-likeness (QED) is 0.892. The van der Waals surface area contributed by atoms with Crippen LogP contribution in [0.1, 0.15) is 37.2 Å². The molecule has 0 amide bonds. The van der Waals surface area contributed by atoms with Crippen molar-refractivity contribution in [3.8, 4) is 0 Å². The third kappa shape index (κ3) is 2.17. The van der Waals surface area contributed by atoms with Crippen molar-refractivity contribution in [3.05, 3.63) is 35.6 Å². The van der Waals surface area contributed by atoms with E-state index in [0.29, 0.717) is 11.3 Å². The molecule has 1 N–H and O–H groups in total. The van der Waals surface area contributed by atoms with Gasteiger partial charge in [-0.15, -0.1) is 0 Å². The van der Waals surface area contributed by atoms with E-state index in [-0.39, 0.29) is 5.82 Å². The zero-order chi connectivity index (χ0) is 13.6. The number of hydrogen-bond donors (Lipinski definition) is 1. The van der Waals surface area contributed by atoms with Crippen LogP contribution in [0.4, 0.5) is 4.39 Å². The second-order valence-corrected chi connectivity index (χ2v) is 6.87. The maximum absolute atomic E-state index is 13.2. The monoisotopic (exact) mass is 274 g/mol. The van der Waals surface area contributed by atoms with Crippen LogP contribution in [0.5, 0.6) is 0 Å². The Kier molecular flexibility index (Phi) is 3.08. The summed E-state index contributed by atoms with van der Waals surface area (Å²) < 4.78 is 13.2. The zero-order valence-corrected chi connectivity index (χ0v) is 11.9. The Bertz CT molecular complexity index is 482. The molecule has 0 bridgehead atoms. The first kappa shape index (κ1) is 12.8. The molecule has 2 saturated heterocycles. The van der Waals surface area contributed by atoms with E-state index in [0.717, 1.165) is 19.1 Å². The Morgan fingerprint density at radius 1 is 1.15 bits per heavy atom. The molecule has 2 unspecified atom stereocenters. The van der Waals surface area contributed by atoms with Gasteiger partial charge in [-0.3, -0.25) is 4.90 Å². The lowest BCUT2D eigenvalue weighted by molar-refractivity contribution is 0.160. The second-order valence-electron chi connectivity index (χ2n) is 6.87. The van der Waals surface area contributed by atoms with E-state index in [9.17, 15) is 4.39 Å². The van der Waals surface area contributed by atoms with Crippen molar-refractivity contribution in [1.29, 1.82) is 0 Å². The smallest absolute Gasteiger partial charge is 0.123 e. The van der Waals surface area contributed by atoms with E-state index in [1.54, 1.807) is 12.1 Å². The number of benzene rings is 1. The highest BCUT2D eigenvalue weighted by Gasteiger charge is 2.48. The summed E-state index contributed by atoms with van der Waals surface area (Å²) in [7, 11) is 0. The molecule has 1 spiro atoms. The molecule has 0 radical (unpaired) electrons. The lowest BCUT2D eigenvalue weighted by Crippen LogP contribution is -2.45. The summed E-state index contributed by atoms with van der Waals surface area (Å²) in [5.74, 6) is 0.415. The fraction of sp³-hybridized carbons (Fsp3) is 0.647. The molecule has 2 nitrogen and oxygen atoms in total. The Morgan fingerprint density at radius 3 is 2.70 bits per heavy atom. The van der Waals surface area contributed by atoms with Crippen LogP contribution in [0.3, 0.4) is 0 Å².